The van der Waals surface area contributed by atoms with Crippen molar-refractivity contribution in [3.8, 4) is 5.75 Å². The Morgan fingerprint density at radius 3 is 2.85 bits per heavy atom. The lowest BCUT2D eigenvalue weighted by Gasteiger charge is -2.26. The van der Waals surface area contributed by atoms with Crippen molar-refractivity contribution < 1.29 is 14.2 Å². The SMILES string of the molecule is CC(NCCCN1CCOCC1)c1ccc(F)cc1O. The van der Waals surface area contributed by atoms with Crippen LogP contribution in [-0.2, 0) is 4.74 Å². The molecule has 0 aromatic heterocycles. The highest BCUT2D eigenvalue weighted by Gasteiger charge is 2.12. The Morgan fingerprint density at radius 2 is 2.15 bits per heavy atom. The first-order valence-corrected chi connectivity index (χ1v) is 7.18. The zero-order valence-electron chi connectivity index (χ0n) is 11.9. The van der Waals surface area contributed by atoms with E-state index in [-0.39, 0.29) is 11.8 Å². The van der Waals surface area contributed by atoms with Gasteiger partial charge in [0.25, 0.3) is 0 Å². The van der Waals surface area contributed by atoms with Crippen LogP contribution in [0.1, 0.15) is 24.9 Å². The number of phenolic OH excluding ortho intramolecular Hbond substituents is 1. The van der Waals surface area contributed by atoms with Crippen LogP contribution in [-0.4, -0.2) is 49.4 Å². The van der Waals surface area contributed by atoms with Gasteiger partial charge in [0.1, 0.15) is 11.6 Å². The van der Waals surface area contributed by atoms with E-state index in [9.17, 15) is 9.50 Å². The third-order valence-electron chi connectivity index (χ3n) is 3.66. The second-order valence-electron chi connectivity index (χ2n) is 5.19. The molecular weight excluding hydrogens is 259 g/mol. The number of phenols is 1. The van der Waals surface area contributed by atoms with Crippen LogP contribution in [0.15, 0.2) is 18.2 Å². The second-order valence-corrected chi connectivity index (χ2v) is 5.19. The third kappa shape index (κ3) is 4.44. The highest BCUT2D eigenvalue weighted by atomic mass is 19.1. The number of hydrogen-bond donors (Lipinski definition) is 2. The lowest BCUT2D eigenvalue weighted by atomic mass is 10.1. The van der Waals surface area contributed by atoms with Crippen molar-refractivity contribution in [1.29, 1.82) is 0 Å². The highest BCUT2D eigenvalue weighted by molar-refractivity contribution is 5.34. The Balaban J connectivity index is 1.70. The molecule has 1 atom stereocenters. The predicted molar refractivity (Wildman–Crippen MR) is 76.4 cm³/mol. The van der Waals surface area contributed by atoms with Gasteiger partial charge in [-0.1, -0.05) is 6.07 Å². The fraction of sp³-hybridized carbons (Fsp3) is 0.600. The molecule has 0 aliphatic carbocycles. The van der Waals surface area contributed by atoms with Gasteiger partial charge in [-0.15, -0.1) is 0 Å². The van der Waals surface area contributed by atoms with Crippen molar-refractivity contribution >= 4 is 0 Å². The summed E-state index contributed by atoms with van der Waals surface area (Å²) in [4.78, 5) is 2.39. The molecular formula is C15H23FN2O2. The molecule has 0 amide bonds. The summed E-state index contributed by atoms with van der Waals surface area (Å²) in [5, 5.41) is 13.1. The molecule has 20 heavy (non-hydrogen) atoms. The molecule has 0 radical (unpaired) electrons. The van der Waals surface area contributed by atoms with E-state index in [0.29, 0.717) is 0 Å². The van der Waals surface area contributed by atoms with E-state index in [4.69, 9.17) is 4.74 Å². The molecule has 1 aromatic rings. The molecule has 1 aromatic carbocycles. The standard InChI is InChI=1S/C15H23FN2O2/c1-12(14-4-3-13(16)11-15(14)19)17-5-2-6-18-7-9-20-10-8-18/h3-4,11-12,17,19H,2,5-10H2,1H3. The first-order valence-electron chi connectivity index (χ1n) is 7.18. The van der Waals surface area contributed by atoms with Gasteiger partial charge in [-0.05, 0) is 32.5 Å². The largest absolute Gasteiger partial charge is 0.508 e. The number of nitrogens with zero attached hydrogens (tertiary/aromatic N) is 1. The van der Waals surface area contributed by atoms with Crippen molar-refractivity contribution in [2.45, 2.75) is 19.4 Å². The lowest BCUT2D eigenvalue weighted by Crippen LogP contribution is -2.37. The zero-order chi connectivity index (χ0) is 14.4. The van der Waals surface area contributed by atoms with E-state index in [1.165, 1.54) is 6.07 Å². The van der Waals surface area contributed by atoms with Crippen LogP contribution < -0.4 is 5.32 Å². The monoisotopic (exact) mass is 282 g/mol. The van der Waals surface area contributed by atoms with Crippen LogP contribution in [0, 0.1) is 5.82 Å². The summed E-state index contributed by atoms with van der Waals surface area (Å²) in [5.41, 5.74) is 0.734. The fourth-order valence-electron chi connectivity index (χ4n) is 2.44. The van der Waals surface area contributed by atoms with E-state index in [1.807, 2.05) is 6.92 Å². The maximum Gasteiger partial charge on any atom is 0.126 e. The van der Waals surface area contributed by atoms with Crippen molar-refractivity contribution in [3.05, 3.63) is 29.6 Å². The van der Waals surface area contributed by atoms with Crippen LogP contribution in [0.5, 0.6) is 5.75 Å². The van der Waals surface area contributed by atoms with Crippen LogP contribution in [0.4, 0.5) is 4.39 Å². The number of hydrogen-bond acceptors (Lipinski definition) is 4. The van der Waals surface area contributed by atoms with Crippen molar-refractivity contribution in [2.24, 2.45) is 0 Å². The molecule has 1 heterocycles. The third-order valence-corrected chi connectivity index (χ3v) is 3.66. The Hall–Kier alpha value is -1.17. The van der Waals surface area contributed by atoms with Crippen molar-refractivity contribution in [1.82, 2.24) is 10.2 Å². The Labute approximate surface area is 119 Å². The number of rotatable bonds is 6. The predicted octanol–water partition coefficient (Wildman–Crippen LogP) is 1.90. The number of benzene rings is 1. The van der Waals surface area contributed by atoms with E-state index < -0.39 is 5.82 Å². The summed E-state index contributed by atoms with van der Waals surface area (Å²) < 4.78 is 18.2. The van der Waals surface area contributed by atoms with Gasteiger partial charge in [-0.25, -0.2) is 4.39 Å². The first kappa shape index (κ1) is 15.2. The van der Waals surface area contributed by atoms with Gasteiger partial charge in [0.15, 0.2) is 0 Å². The van der Waals surface area contributed by atoms with Gasteiger partial charge in [-0.3, -0.25) is 4.90 Å². The summed E-state index contributed by atoms with van der Waals surface area (Å²) in [5.74, 6) is -0.399. The Morgan fingerprint density at radius 1 is 1.40 bits per heavy atom. The first-order chi connectivity index (χ1) is 9.66. The normalized spacial score (nSPS) is 18.1. The highest BCUT2D eigenvalue weighted by Crippen LogP contribution is 2.24. The van der Waals surface area contributed by atoms with Crippen LogP contribution in [0.3, 0.4) is 0 Å². The maximum atomic E-state index is 12.9. The van der Waals surface area contributed by atoms with E-state index >= 15 is 0 Å². The Bertz CT molecular complexity index is 422. The van der Waals surface area contributed by atoms with Crippen LogP contribution >= 0.6 is 0 Å². The smallest absolute Gasteiger partial charge is 0.126 e. The molecule has 0 bridgehead atoms. The molecule has 2 N–H and O–H groups in total. The number of morpholine rings is 1. The van der Waals surface area contributed by atoms with Crippen LogP contribution in [0.2, 0.25) is 0 Å². The van der Waals surface area contributed by atoms with Gasteiger partial charge < -0.3 is 15.2 Å². The molecule has 1 fully saturated rings. The lowest BCUT2D eigenvalue weighted by molar-refractivity contribution is 0.0374. The average Bonchev–Trinajstić information content (AvgIpc) is 2.44. The maximum absolute atomic E-state index is 12.9. The molecule has 1 aliphatic rings. The quantitative estimate of drug-likeness (QED) is 0.782. The fourth-order valence-corrected chi connectivity index (χ4v) is 2.44. The summed E-state index contributed by atoms with van der Waals surface area (Å²) in [7, 11) is 0. The van der Waals surface area contributed by atoms with Gasteiger partial charge in [-0.2, -0.15) is 0 Å². The summed E-state index contributed by atoms with van der Waals surface area (Å²) in [6, 6.07) is 4.17. The molecule has 112 valence electrons. The van der Waals surface area contributed by atoms with Crippen molar-refractivity contribution in [2.75, 3.05) is 39.4 Å². The molecule has 1 saturated heterocycles. The summed E-state index contributed by atoms with van der Waals surface area (Å²) in [6.45, 7) is 7.57. The van der Waals surface area contributed by atoms with E-state index in [0.717, 1.165) is 57.4 Å². The number of aromatic hydroxyl groups is 1. The number of halogens is 1. The molecule has 1 aliphatic heterocycles. The Kier molecular flexibility index (Phi) is 5.76. The molecule has 5 heteroatoms. The van der Waals surface area contributed by atoms with E-state index in [2.05, 4.69) is 10.2 Å². The zero-order valence-corrected chi connectivity index (χ0v) is 11.9. The second kappa shape index (κ2) is 7.57. The van der Waals surface area contributed by atoms with Gasteiger partial charge in [0.05, 0.1) is 13.2 Å². The van der Waals surface area contributed by atoms with Gasteiger partial charge in [0.2, 0.25) is 0 Å². The molecule has 2 rings (SSSR count). The number of nitrogens with one attached hydrogen (secondary N) is 1. The molecule has 4 nitrogen and oxygen atoms in total. The molecule has 1 unspecified atom stereocenters. The van der Waals surface area contributed by atoms with E-state index in [1.54, 1.807) is 6.07 Å². The van der Waals surface area contributed by atoms with Gasteiger partial charge >= 0.3 is 0 Å². The molecule has 0 spiro atoms. The van der Waals surface area contributed by atoms with Crippen molar-refractivity contribution in [3.63, 3.8) is 0 Å². The average molecular weight is 282 g/mol. The summed E-state index contributed by atoms with van der Waals surface area (Å²) >= 11 is 0. The topological polar surface area (TPSA) is 44.7 Å². The number of ether oxygens (including phenoxy) is 1. The van der Waals surface area contributed by atoms with Gasteiger partial charge in [0, 0.05) is 30.8 Å². The van der Waals surface area contributed by atoms with Crippen LogP contribution in [0.25, 0.3) is 0 Å². The minimum absolute atomic E-state index is 0.0122. The minimum Gasteiger partial charge on any atom is -0.508 e. The minimum atomic E-state index is -0.411. The summed E-state index contributed by atoms with van der Waals surface area (Å²) in [6.07, 6.45) is 1.05. The molecule has 0 saturated carbocycles.